The molecule has 4 aliphatic rings. The molecule has 23 nitrogen and oxygen atoms in total. The van der Waals surface area contributed by atoms with E-state index in [0.29, 0.717) is 13.0 Å². The number of hydrogen-bond donors (Lipinski definition) is 14. The Balaban J connectivity index is 1.41. The fourth-order valence-corrected chi connectivity index (χ4v) is 6.26. The first-order valence-corrected chi connectivity index (χ1v) is 16.8. The predicted octanol–water partition coefficient (Wildman–Crippen LogP) is -8.50. The largest absolute Gasteiger partial charge is 0.479 e. The van der Waals surface area contributed by atoms with Crippen LogP contribution < -0.4 is 5.73 Å². The summed E-state index contributed by atoms with van der Waals surface area (Å²) in [6.07, 6.45) is -34.9. The van der Waals surface area contributed by atoms with Gasteiger partial charge in [-0.1, -0.05) is 0 Å². The van der Waals surface area contributed by atoms with Crippen molar-refractivity contribution in [3.63, 3.8) is 0 Å². The molecule has 4 heterocycles. The summed E-state index contributed by atoms with van der Waals surface area (Å²) in [5.41, 5.74) is 5.46. The smallest absolute Gasteiger partial charge is 0.335 e. The number of carboxylic acids is 1. The Morgan fingerprint density at radius 1 is 0.500 bits per heavy atom. The number of aliphatic carboxylic acids is 1. The van der Waals surface area contributed by atoms with E-state index in [1.54, 1.807) is 0 Å². The highest BCUT2D eigenvalue weighted by atomic mass is 16.8. The second-order valence-corrected chi connectivity index (χ2v) is 12.9. The maximum absolute atomic E-state index is 12.2. The summed E-state index contributed by atoms with van der Waals surface area (Å²) in [7, 11) is 0. The highest BCUT2D eigenvalue weighted by Crippen LogP contribution is 2.34. The lowest BCUT2D eigenvalue weighted by Crippen LogP contribution is -2.68. The van der Waals surface area contributed by atoms with Crippen LogP contribution in [0.25, 0.3) is 0 Å². The fraction of sp³-hybridized carbons (Fsp3) is 0.966. The Kier molecular flexibility index (Phi) is 16.2. The minimum Gasteiger partial charge on any atom is -0.479 e. The molecule has 0 aromatic rings. The zero-order chi connectivity index (χ0) is 38.4. The van der Waals surface area contributed by atoms with Crippen molar-refractivity contribution in [1.29, 1.82) is 0 Å². The van der Waals surface area contributed by atoms with Crippen molar-refractivity contribution >= 4 is 5.97 Å². The van der Waals surface area contributed by atoms with Crippen molar-refractivity contribution in [3.8, 4) is 0 Å². The zero-order valence-electron chi connectivity index (χ0n) is 27.8. The molecule has 23 heteroatoms. The van der Waals surface area contributed by atoms with Gasteiger partial charge in [-0.3, -0.25) is 0 Å². The van der Waals surface area contributed by atoms with Crippen LogP contribution in [-0.4, -0.2) is 228 Å². The molecule has 4 fully saturated rings. The summed E-state index contributed by atoms with van der Waals surface area (Å²) in [5, 5.41) is 135. The van der Waals surface area contributed by atoms with Crippen LogP contribution in [0.15, 0.2) is 0 Å². The van der Waals surface area contributed by atoms with Gasteiger partial charge in [0.2, 0.25) is 0 Å². The lowest BCUT2D eigenvalue weighted by atomic mass is 9.95. The number of hydrogen-bond acceptors (Lipinski definition) is 22. The van der Waals surface area contributed by atoms with Crippen molar-refractivity contribution in [1.82, 2.24) is 0 Å². The highest BCUT2D eigenvalue weighted by molar-refractivity contribution is 5.73. The number of unbranched alkanes of at least 4 members (excludes halogenated alkanes) is 2. The third-order valence-corrected chi connectivity index (χ3v) is 9.28. The number of carbonyl (C=O) groups is 1. The predicted molar refractivity (Wildman–Crippen MR) is 161 cm³/mol. The average Bonchev–Trinajstić information content (AvgIpc) is 3.13. The van der Waals surface area contributed by atoms with E-state index < -0.39 is 149 Å². The number of nitrogens with two attached hydrogens (primary N) is 1. The maximum Gasteiger partial charge on any atom is 0.335 e. The van der Waals surface area contributed by atoms with Gasteiger partial charge in [-0.05, 0) is 25.8 Å². The van der Waals surface area contributed by atoms with Gasteiger partial charge in [0.1, 0.15) is 91.6 Å². The number of carboxylic acid groups (broad SMARTS) is 1. The van der Waals surface area contributed by atoms with Crippen LogP contribution in [0.4, 0.5) is 0 Å². The van der Waals surface area contributed by atoms with Gasteiger partial charge in [-0.25, -0.2) is 4.79 Å². The molecule has 0 bridgehead atoms. The Bertz CT molecular complexity index is 1090. The lowest BCUT2D eigenvalue weighted by Gasteiger charge is -2.48. The number of aliphatic hydroxyl groups is 12. The summed E-state index contributed by atoms with van der Waals surface area (Å²) in [5.74, 6) is -1.80. The van der Waals surface area contributed by atoms with Gasteiger partial charge in [0.25, 0.3) is 0 Å². The van der Waals surface area contributed by atoms with Gasteiger partial charge in [0.15, 0.2) is 31.3 Å². The normalized spacial score (nSPS) is 47.3. The van der Waals surface area contributed by atoms with E-state index in [1.165, 1.54) is 0 Å². The first-order chi connectivity index (χ1) is 24.7. The number of rotatable bonds is 16. The molecule has 0 aromatic heterocycles. The van der Waals surface area contributed by atoms with E-state index in [9.17, 15) is 71.2 Å². The zero-order valence-corrected chi connectivity index (χ0v) is 27.8. The summed E-state index contributed by atoms with van der Waals surface area (Å²) in [6.45, 7) is -1.94. The molecule has 52 heavy (non-hydrogen) atoms. The van der Waals surface area contributed by atoms with Crippen molar-refractivity contribution < 1.29 is 109 Å². The third kappa shape index (κ3) is 9.52. The van der Waals surface area contributed by atoms with Crippen molar-refractivity contribution in [2.75, 3.05) is 33.0 Å². The maximum atomic E-state index is 12.2. The molecule has 304 valence electrons. The Morgan fingerprint density at radius 2 is 0.923 bits per heavy atom. The molecule has 0 saturated carbocycles. The van der Waals surface area contributed by atoms with Crippen LogP contribution >= 0.6 is 0 Å². The van der Waals surface area contributed by atoms with Crippen LogP contribution in [0.3, 0.4) is 0 Å². The van der Waals surface area contributed by atoms with Crippen LogP contribution in [0, 0.1) is 0 Å². The first kappa shape index (κ1) is 43.4. The first-order valence-electron chi connectivity index (χ1n) is 16.8. The van der Waals surface area contributed by atoms with Crippen LogP contribution in [0.1, 0.15) is 19.3 Å². The van der Waals surface area contributed by atoms with Crippen LogP contribution in [0.5, 0.6) is 0 Å². The summed E-state index contributed by atoms with van der Waals surface area (Å²) < 4.78 is 43.7. The molecule has 0 aliphatic carbocycles. The Morgan fingerprint density at radius 3 is 1.42 bits per heavy atom. The fourth-order valence-electron chi connectivity index (χ4n) is 6.26. The van der Waals surface area contributed by atoms with Gasteiger partial charge in [0.05, 0.1) is 19.8 Å². The molecule has 4 aliphatic heterocycles. The second-order valence-electron chi connectivity index (χ2n) is 12.9. The van der Waals surface area contributed by atoms with E-state index in [-0.39, 0.29) is 6.61 Å². The van der Waals surface area contributed by atoms with Gasteiger partial charge in [-0.2, -0.15) is 0 Å². The van der Waals surface area contributed by atoms with Crippen LogP contribution in [-0.2, 0) is 42.7 Å². The quantitative estimate of drug-likeness (QED) is 0.0649. The van der Waals surface area contributed by atoms with E-state index in [0.717, 1.165) is 12.8 Å². The van der Waals surface area contributed by atoms with Gasteiger partial charge in [0, 0.05) is 6.61 Å². The second kappa shape index (κ2) is 19.5. The van der Waals surface area contributed by atoms with E-state index in [1.807, 2.05) is 0 Å². The molecule has 8 unspecified atom stereocenters. The topological polar surface area (TPSA) is 380 Å². The molecule has 0 aromatic carbocycles. The van der Waals surface area contributed by atoms with Gasteiger partial charge < -0.3 is 110 Å². The molecular formula is C29H51NO22. The van der Waals surface area contributed by atoms with E-state index in [4.69, 9.17) is 43.6 Å². The molecule has 0 spiro atoms. The summed E-state index contributed by atoms with van der Waals surface area (Å²) in [6, 6.07) is 0. The van der Waals surface area contributed by atoms with Gasteiger partial charge in [-0.15, -0.1) is 0 Å². The average molecular weight is 766 g/mol. The molecule has 4 rings (SSSR count). The standard InChI is InChI=1S/C29H51NO22/c30-4-2-1-3-5-45-26-18(40)14(36)21(10(7-32)47-26)49-28-19(41)15(37)22(11(8-33)48-28)50-29-20(42)16(38)23(24(52-29)25(43)44)51-27-17(39)13(35)12(34)9(6-31)46-27/h9-24,26-29,31-42H,1-8,30H2,(H,43,44)/t9?,10?,11?,12-,13-,14+,15?,16?,17?,18?,19-,20-,21+,22+,23-,24?,26-,27+,28-,29+/m0/s1. The molecule has 15 N–H and O–H groups in total. The van der Waals surface area contributed by atoms with Crippen LogP contribution in [0.2, 0.25) is 0 Å². The molecule has 4 saturated heterocycles. The lowest BCUT2D eigenvalue weighted by molar-refractivity contribution is -0.385. The molecular weight excluding hydrogens is 714 g/mol. The SMILES string of the molecule is NCCCCCO[C@H]1OC(CO)[C@@H](O[C@@H]2OC(CO)[C@@H](O[C@@H]3OC(C(=O)O)[C@@H](O[C@H]4OC(CO)[C@H](O)[C@H](O)C4O)C(O)[C@@H]3O)C(O)[C@@H]2O)[C@H](O)C1O. The Labute approximate surface area is 296 Å². The van der Waals surface area contributed by atoms with E-state index in [2.05, 4.69) is 0 Å². The van der Waals surface area contributed by atoms with Gasteiger partial charge >= 0.3 is 5.97 Å². The third-order valence-electron chi connectivity index (χ3n) is 9.28. The number of aliphatic hydroxyl groups excluding tert-OH is 12. The molecule has 20 atom stereocenters. The Hall–Kier alpha value is -1.37. The minimum absolute atomic E-state index is 0.143. The molecule has 0 radical (unpaired) electrons. The summed E-state index contributed by atoms with van der Waals surface area (Å²) >= 11 is 0. The monoisotopic (exact) mass is 765 g/mol. The minimum atomic E-state index is -2.20. The number of ether oxygens (including phenoxy) is 8. The highest BCUT2D eigenvalue weighted by Gasteiger charge is 2.56. The van der Waals surface area contributed by atoms with Crippen molar-refractivity contribution in [2.45, 2.75) is 142 Å². The van der Waals surface area contributed by atoms with Crippen molar-refractivity contribution in [2.24, 2.45) is 5.73 Å². The van der Waals surface area contributed by atoms with Crippen molar-refractivity contribution in [3.05, 3.63) is 0 Å². The van der Waals surface area contributed by atoms with E-state index >= 15 is 0 Å². The summed E-state index contributed by atoms with van der Waals surface area (Å²) in [4.78, 5) is 12.2. The molecule has 0 amide bonds.